The standard InChI is InChI=1S/C20H22N2O/c1-3-21-13-11-16(2)19(21)14-17-7-9-18(10-8-17)15-22-12-5-4-6-20(22)23/h4-13H,3,14-15H2,1-2H3. The minimum absolute atomic E-state index is 0.0352. The molecular formula is C20H22N2O. The van der Waals surface area contributed by atoms with Gasteiger partial charge in [-0.3, -0.25) is 4.79 Å². The van der Waals surface area contributed by atoms with Crippen LogP contribution in [0.4, 0.5) is 0 Å². The van der Waals surface area contributed by atoms with Crippen molar-refractivity contribution in [2.24, 2.45) is 0 Å². The molecular weight excluding hydrogens is 284 g/mol. The number of benzene rings is 1. The van der Waals surface area contributed by atoms with E-state index in [1.54, 1.807) is 16.7 Å². The van der Waals surface area contributed by atoms with Crippen molar-refractivity contribution in [3.8, 4) is 0 Å². The van der Waals surface area contributed by atoms with Gasteiger partial charge in [-0.2, -0.15) is 0 Å². The second-order valence-electron chi connectivity index (χ2n) is 5.89. The minimum atomic E-state index is 0.0352. The molecule has 0 N–H and O–H groups in total. The summed E-state index contributed by atoms with van der Waals surface area (Å²) in [5, 5.41) is 0. The van der Waals surface area contributed by atoms with Gasteiger partial charge in [0, 0.05) is 37.1 Å². The van der Waals surface area contributed by atoms with E-state index in [1.165, 1.54) is 16.8 Å². The molecule has 0 aliphatic heterocycles. The number of nitrogens with zero attached hydrogens (tertiary/aromatic N) is 2. The fraction of sp³-hybridized carbons (Fsp3) is 0.250. The van der Waals surface area contributed by atoms with Crippen LogP contribution in [0.25, 0.3) is 0 Å². The Morgan fingerprint density at radius 2 is 1.61 bits per heavy atom. The number of aromatic nitrogens is 2. The summed E-state index contributed by atoms with van der Waals surface area (Å²) in [5.41, 5.74) is 5.19. The van der Waals surface area contributed by atoms with Gasteiger partial charge in [-0.05, 0) is 42.7 Å². The predicted molar refractivity (Wildman–Crippen MR) is 93.9 cm³/mol. The van der Waals surface area contributed by atoms with Crippen LogP contribution < -0.4 is 5.56 Å². The van der Waals surface area contributed by atoms with Gasteiger partial charge in [0.15, 0.2) is 0 Å². The van der Waals surface area contributed by atoms with Gasteiger partial charge in [-0.1, -0.05) is 30.3 Å². The molecule has 3 aromatic rings. The van der Waals surface area contributed by atoms with Crippen LogP contribution in [-0.4, -0.2) is 9.13 Å². The van der Waals surface area contributed by atoms with Crippen LogP contribution in [0, 0.1) is 6.92 Å². The van der Waals surface area contributed by atoms with E-state index in [2.05, 4.69) is 54.9 Å². The molecule has 118 valence electrons. The van der Waals surface area contributed by atoms with Gasteiger partial charge in [-0.15, -0.1) is 0 Å². The maximum atomic E-state index is 11.8. The maximum absolute atomic E-state index is 11.8. The Balaban J connectivity index is 1.76. The highest BCUT2D eigenvalue weighted by Crippen LogP contribution is 2.16. The maximum Gasteiger partial charge on any atom is 0.250 e. The van der Waals surface area contributed by atoms with Crippen LogP contribution >= 0.6 is 0 Å². The highest BCUT2D eigenvalue weighted by Gasteiger charge is 2.06. The third kappa shape index (κ3) is 3.45. The summed E-state index contributed by atoms with van der Waals surface area (Å²) < 4.78 is 4.02. The summed E-state index contributed by atoms with van der Waals surface area (Å²) in [5.74, 6) is 0. The normalized spacial score (nSPS) is 10.9. The molecule has 0 saturated heterocycles. The molecule has 0 saturated carbocycles. The molecule has 1 aromatic carbocycles. The molecule has 0 atom stereocenters. The summed E-state index contributed by atoms with van der Waals surface area (Å²) in [6.45, 7) is 5.95. The zero-order valence-corrected chi connectivity index (χ0v) is 13.7. The molecule has 0 bridgehead atoms. The van der Waals surface area contributed by atoms with E-state index in [4.69, 9.17) is 0 Å². The highest BCUT2D eigenvalue weighted by molar-refractivity contribution is 5.30. The predicted octanol–water partition coefficient (Wildman–Crippen LogP) is 3.62. The van der Waals surface area contributed by atoms with Gasteiger partial charge < -0.3 is 9.13 Å². The lowest BCUT2D eigenvalue weighted by atomic mass is 10.1. The van der Waals surface area contributed by atoms with E-state index in [0.29, 0.717) is 6.54 Å². The lowest BCUT2D eigenvalue weighted by molar-refractivity contribution is 0.724. The van der Waals surface area contributed by atoms with E-state index in [1.807, 2.05) is 12.3 Å². The summed E-state index contributed by atoms with van der Waals surface area (Å²) >= 11 is 0. The number of rotatable bonds is 5. The molecule has 2 aromatic heterocycles. The van der Waals surface area contributed by atoms with E-state index in [9.17, 15) is 4.79 Å². The molecule has 0 aliphatic rings. The molecule has 0 fully saturated rings. The Kier molecular flexibility index (Phi) is 4.47. The van der Waals surface area contributed by atoms with Gasteiger partial charge in [0.25, 0.3) is 5.56 Å². The molecule has 0 amide bonds. The van der Waals surface area contributed by atoms with Crippen LogP contribution in [0.15, 0.2) is 65.7 Å². The molecule has 3 rings (SSSR count). The average molecular weight is 306 g/mol. The number of pyridine rings is 1. The molecule has 3 nitrogen and oxygen atoms in total. The fourth-order valence-corrected chi connectivity index (χ4v) is 2.90. The third-order valence-electron chi connectivity index (χ3n) is 4.29. The highest BCUT2D eigenvalue weighted by atomic mass is 16.1. The topological polar surface area (TPSA) is 26.9 Å². The molecule has 3 heteroatoms. The summed E-state index contributed by atoms with van der Waals surface area (Å²) in [6.07, 6.45) is 4.92. The zero-order valence-electron chi connectivity index (χ0n) is 13.7. The summed E-state index contributed by atoms with van der Waals surface area (Å²) in [6, 6.07) is 16.0. The molecule has 0 unspecified atom stereocenters. The molecule has 23 heavy (non-hydrogen) atoms. The monoisotopic (exact) mass is 306 g/mol. The van der Waals surface area contributed by atoms with Gasteiger partial charge >= 0.3 is 0 Å². The van der Waals surface area contributed by atoms with Crippen molar-refractivity contribution < 1.29 is 0 Å². The van der Waals surface area contributed by atoms with Crippen LogP contribution in [0.1, 0.15) is 29.3 Å². The van der Waals surface area contributed by atoms with Gasteiger partial charge in [0.1, 0.15) is 0 Å². The summed E-state index contributed by atoms with van der Waals surface area (Å²) in [7, 11) is 0. The van der Waals surface area contributed by atoms with Crippen molar-refractivity contribution in [2.75, 3.05) is 0 Å². The first kappa shape index (κ1) is 15.3. The van der Waals surface area contributed by atoms with Crippen molar-refractivity contribution in [3.63, 3.8) is 0 Å². The smallest absolute Gasteiger partial charge is 0.250 e. The van der Waals surface area contributed by atoms with Crippen molar-refractivity contribution in [1.82, 2.24) is 9.13 Å². The second-order valence-corrected chi connectivity index (χ2v) is 5.89. The Hall–Kier alpha value is -2.55. The van der Waals surface area contributed by atoms with E-state index >= 15 is 0 Å². The first-order chi connectivity index (χ1) is 11.2. The largest absolute Gasteiger partial charge is 0.351 e. The Morgan fingerprint density at radius 1 is 0.870 bits per heavy atom. The molecule has 0 radical (unpaired) electrons. The Bertz CT molecular complexity index is 841. The number of hydrogen-bond acceptors (Lipinski definition) is 1. The minimum Gasteiger partial charge on any atom is -0.351 e. The van der Waals surface area contributed by atoms with Gasteiger partial charge in [0.05, 0.1) is 6.54 Å². The van der Waals surface area contributed by atoms with Crippen molar-refractivity contribution >= 4 is 0 Å². The third-order valence-corrected chi connectivity index (χ3v) is 4.29. The fourth-order valence-electron chi connectivity index (χ4n) is 2.90. The summed E-state index contributed by atoms with van der Waals surface area (Å²) in [4.78, 5) is 11.8. The number of hydrogen-bond donors (Lipinski definition) is 0. The van der Waals surface area contributed by atoms with Crippen molar-refractivity contribution in [1.29, 1.82) is 0 Å². The van der Waals surface area contributed by atoms with Crippen LogP contribution in [0.5, 0.6) is 0 Å². The lowest BCUT2D eigenvalue weighted by Gasteiger charge is -2.10. The number of aryl methyl sites for hydroxylation is 2. The average Bonchev–Trinajstić information content (AvgIpc) is 2.92. The molecule has 0 spiro atoms. The Morgan fingerprint density at radius 3 is 2.30 bits per heavy atom. The Labute approximate surface area is 136 Å². The van der Waals surface area contributed by atoms with Crippen molar-refractivity contribution in [3.05, 3.63) is 93.7 Å². The van der Waals surface area contributed by atoms with E-state index < -0.39 is 0 Å². The van der Waals surface area contributed by atoms with E-state index in [-0.39, 0.29) is 5.56 Å². The van der Waals surface area contributed by atoms with Crippen LogP contribution in [0.3, 0.4) is 0 Å². The van der Waals surface area contributed by atoms with Crippen molar-refractivity contribution in [2.45, 2.75) is 33.4 Å². The van der Waals surface area contributed by atoms with Gasteiger partial charge in [0.2, 0.25) is 0 Å². The SMILES string of the molecule is CCn1ccc(C)c1Cc1ccc(Cn2ccccc2=O)cc1. The molecule has 0 aliphatic carbocycles. The first-order valence-electron chi connectivity index (χ1n) is 8.05. The quantitative estimate of drug-likeness (QED) is 0.707. The first-order valence-corrected chi connectivity index (χ1v) is 8.05. The van der Waals surface area contributed by atoms with Gasteiger partial charge in [-0.25, -0.2) is 0 Å². The zero-order chi connectivity index (χ0) is 16.2. The molecule has 2 heterocycles. The van der Waals surface area contributed by atoms with Crippen LogP contribution in [0.2, 0.25) is 0 Å². The second kappa shape index (κ2) is 6.69. The van der Waals surface area contributed by atoms with E-state index in [0.717, 1.165) is 18.5 Å². The van der Waals surface area contributed by atoms with Crippen LogP contribution in [-0.2, 0) is 19.5 Å². The lowest BCUT2D eigenvalue weighted by Crippen LogP contribution is -2.18.